The normalized spacial score (nSPS) is 10.1. The van der Waals surface area contributed by atoms with Crippen LogP contribution in [0.25, 0.3) is 0 Å². The lowest BCUT2D eigenvalue weighted by Gasteiger charge is -2.25. The van der Waals surface area contributed by atoms with Crippen molar-refractivity contribution in [3.8, 4) is 12.3 Å². The molecule has 0 aliphatic rings. The minimum absolute atomic E-state index is 0.0253. The molecule has 132 valence electrons. The van der Waals surface area contributed by atoms with Crippen molar-refractivity contribution in [3.05, 3.63) is 89.5 Å². The van der Waals surface area contributed by atoms with E-state index in [2.05, 4.69) is 5.92 Å². The van der Waals surface area contributed by atoms with Crippen LogP contribution in [0.5, 0.6) is 0 Å². The van der Waals surface area contributed by atoms with E-state index in [-0.39, 0.29) is 11.6 Å². The summed E-state index contributed by atoms with van der Waals surface area (Å²) in [5.74, 6) is 2.67. The van der Waals surface area contributed by atoms with E-state index in [1.165, 1.54) is 0 Å². The van der Waals surface area contributed by atoms with Crippen molar-refractivity contribution < 1.29 is 9.59 Å². The van der Waals surface area contributed by atoms with Gasteiger partial charge in [-0.25, -0.2) is 0 Å². The van der Waals surface area contributed by atoms with E-state index in [9.17, 15) is 9.59 Å². The van der Waals surface area contributed by atoms with E-state index in [1.54, 1.807) is 13.8 Å². The number of ketones is 2. The molecule has 3 aromatic carbocycles. The number of terminal acetylenes is 1. The van der Waals surface area contributed by atoms with Crippen molar-refractivity contribution in [2.45, 2.75) is 13.8 Å². The Morgan fingerprint density at radius 1 is 0.667 bits per heavy atom. The number of carbonyl (C=O) groups is 2. The van der Waals surface area contributed by atoms with E-state index in [0.717, 1.165) is 22.6 Å². The molecule has 0 radical (unpaired) electrons. The molecule has 3 rings (SSSR count). The van der Waals surface area contributed by atoms with E-state index in [0.29, 0.717) is 11.1 Å². The highest BCUT2D eigenvalue weighted by molar-refractivity contribution is 5.95. The highest BCUT2D eigenvalue weighted by Crippen LogP contribution is 2.34. The first-order valence-corrected chi connectivity index (χ1v) is 8.58. The van der Waals surface area contributed by atoms with Crippen molar-refractivity contribution in [3.63, 3.8) is 0 Å². The topological polar surface area (TPSA) is 37.4 Å². The molecule has 0 fully saturated rings. The Balaban J connectivity index is 2.08. The van der Waals surface area contributed by atoms with Gasteiger partial charge >= 0.3 is 0 Å². The predicted octanol–water partition coefficient (Wildman–Crippen LogP) is 5.54. The van der Waals surface area contributed by atoms with E-state index >= 15 is 0 Å². The van der Waals surface area contributed by atoms with Crippen LogP contribution in [0.2, 0.25) is 0 Å². The van der Waals surface area contributed by atoms with Crippen LogP contribution in [-0.4, -0.2) is 11.6 Å². The summed E-state index contributed by atoms with van der Waals surface area (Å²) in [7, 11) is 0. The quantitative estimate of drug-likeness (QED) is 0.446. The Hall–Kier alpha value is -3.64. The van der Waals surface area contributed by atoms with E-state index in [1.807, 2.05) is 77.7 Å². The number of carbonyl (C=O) groups excluding carboxylic acids is 2. The van der Waals surface area contributed by atoms with Gasteiger partial charge in [0, 0.05) is 33.8 Å². The zero-order valence-corrected chi connectivity index (χ0v) is 15.3. The van der Waals surface area contributed by atoms with E-state index < -0.39 is 0 Å². The highest BCUT2D eigenvalue weighted by atomic mass is 16.1. The summed E-state index contributed by atoms with van der Waals surface area (Å²) in [6.45, 7) is 3.09. The first-order chi connectivity index (χ1) is 13.0. The molecular formula is C24H19NO2. The lowest BCUT2D eigenvalue weighted by molar-refractivity contribution is 0.100. The number of hydrogen-bond acceptors (Lipinski definition) is 3. The van der Waals surface area contributed by atoms with Crippen LogP contribution in [0.15, 0.2) is 72.8 Å². The Bertz CT molecular complexity index is 950. The number of nitrogens with zero attached hydrogens (tertiary/aromatic N) is 1. The second-order valence-electron chi connectivity index (χ2n) is 6.23. The molecule has 0 aromatic heterocycles. The standard InChI is InChI=1S/C24H19NO2/c1-4-19-5-11-22(12-6-19)25(23-13-7-20(8-14-23)17(2)26)24-15-9-21(10-16-24)18(3)27/h1,5-16H,2-3H3. The van der Waals surface area contributed by atoms with Crippen molar-refractivity contribution in [2.75, 3.05) is 4.90 Å². The van der Waals surface area contributed by atoms with Gasteiger partial charge in [0.05, 0.1) is 0 Å². The Morgan fingerprint density at radius 2 is 1.00 bits per heavy atom. The van der Waals surface area contributed by atoms with Gasteiger partial charge in [-0.2, -0.15) is 0 Å². The fourth-order valence-corrected chi connectivity index (χ4v) is 2.84. The molecule has 3 heteroatoms. The summed E-state index contributed by atoms with van der Waals surface area (Å²) in [6.07, 6.45) is 5.46. The van der Waals surface area contributed by atoms with Gasteiger partial charge in [-0.15, -0.1) is 6.42 Å². The van der Waals surface area contributed by atoms with Crippen LogP contribution in [0.4, 0.5) is 17.1 Å². The molecular weight excluding hydrogens is 334 g/mol. The van der Waals surface area contributed by atoms with Crippen LogP contribution >= 0.6 is 0 Å². The molecule has 0 N–H and O–H groups in total. The average Bonchev–Trinajstić information content (AvgIpc) is 2.69. The lowest BCUT2D eigenvalue weighted by atomic mass is 10.1. The van der Waals surface area contributed by atoms with Crippen molar-refractivity contribution in [2.24, 2.45) is 0 Å². The van der Waals surface area contributed by atoms with Gasteiger partial charge in [-0.3, -0.25) is 9.59 Å². The maximum Gasteiger partial charge on any atom is 0.159 e. The van der Waals surface area contributed by atoms with Crippen molar-refractivity contribution >= 4 is 28.6 Å². The van der Waals surface area contributed by atoms with Gasteiger partial charge in [0.2, 0.25) is 0 Å². The Labute approximate surface area is 159 Å². The molecule has 3 aromatic rings. The first-order valence-electron chi connectivity index (χ1n) is 8.58. The second-order valence-corrected chi connectivity index (χ2v) is 6.23. The number of Topliss-reactive ketones (excluding diaryl/α,β-unsaturated/α-hetero) is 2. The molecule has 0 amide bonds. The molecule has 0 spiro atoms. The van der Waals surface area contributed by atoms with Crippen LogP contribution in [0.1, 0.15) is 40.1 Å². The second kappa shape index (κ2) is 7.72. The third-order valence-electron chi connectivity index (χ3n) is 4.36. The summed E-state index contributed by atoms with van der Waals surface area (Å²) in [5, 5.41) is 0. The smallest absolute Gasteiger partial charge is 0.159 e. The van der Waals surface area contributed by atoms with Gasteiger partial charge in [0.15, 0.2) is 11.6 Å². The van der Waals surface area contributed by atoms with Gasteiger partial charge < -0.3 is 4.90 Å². The van der Waals surface area contributed by atoms with Gasteiger partial charge in [-0.05, 0) is 86.6 Å². The van der Waals surface area contributed by atoms with Crippen LogP contribution in [0, 0.1) is 12.3 Å². The van der Waals surface area contributed by atoms with Crippen LogP contribution in [0.3, 0.4) is 0 Å². The zero-order valence-electron chi connectivity index (χ0n) is 15.3. The number of anilines is 3. The summed E-state index contributed by atoms with van der Waals surface area (Å²) in [4.78, 5) is 25.2. The molecule has 27 heavy (non-hydrogen) atoms. The fraction of sp³-hybridized carbons (Fsp3) is 0.0833. The fourth-order valence-electron chi connectivity index (χ4n) is 2.84. The number of rotatable bonds is 5. The summed E-state index contributed by atoms with van der Waals surface area (Å²) < 4.78 is 0. The maximum atomic E-state index is 11.6. The minimum Gasteiger partial charge on any atom is -0.311 e. The highest BCUT2D eigenvalue weighted by Gasteiger charge is 2.13. The SMILES string of the molecule is C#Cc1ccc(N(c2ccc(C(C)=O)cc2)c2ccc(C(C)=O)cc2)cc1. The molecule has 0 heterocycles. The molecule has 3 nitrogen and oxygen atoms in total. The third-order valence-corrected chi connectivity index (χ3v) is 4.36. The number of hydrogen-bond donors (Lipinski definition) is 0. The summed E-state index contributed by atoms with van der Waals surface area (Å²) in [6, 6.07) is 22.5. The molecule has 0 aliphatic carbocycles. The summed E-state index contributed by atoms with van der Waals surface area (Å²) >= 11 is 0. The first kappa shape index (κ1) is 18.2. The van der Waals surface area contributed by atoms with Crippen LogP contribution in [-0.2, 0) is 0 Å². The predicted molar refractivity (Wildman–Crippen MR) is 109 cm³/mol. The lowest BCUT2D eigenvalue weighted by Crippen LogP contribution is -2.10. The number of benzene rings is 3. The molecule has 0 atom stereocenters. The molecule has 0 unspecified atom stereocenters. The van der Waals surface area contributed by atoms with Gasteiger partial charge in [0.1, 0.15) is 0 Å². The molecule has 0 bridgehead atoms. The zero-order chi connectivity index (χ0) is 19.4. The minimum atomic E-state index is 0.0253. The molecule has 0 saturated heterocycles. The molecule has 0 aliphatic heterocycles. The summed E-state index contributed by atoms with van der Waals surface area (Å²) in [5.41, 5.74) is 4.87. The monoisotopic (exact) mass is 353 g/mol. The van der Waals surface area contributed by atoms with Crippen LogP contribution < -0.4 is 4.90 Å². The Kier molecular flexibility index (Phi) is 5.19. The van der Waals surface area contributed by atoms with Crippen molar-refractivity contribution in [1.82, 2.24) is 0 Å². The third kappa shape index (κ3) is 3.96. The molecule has 0 saturated carbocycles. The average molecular weight is 353 g/mol. The van der Waals surface area contributed by atoms with Gasteiger partial charge in [0.25, 0.3) is 0 Å². The van der Waals surface area contributed by atoms with Gasteiger partial charge in [-0.1, -0.05) is 5.92 Å². The largest absolute Gasteiger partial charge is 0.311 e. The van der Waals surface area contributed by atoms with Crippen molar-refractivity contribution in [1.29, 1.82) is 0 Å². The van der Waals surface area contributed by atoms with E-state index in [4.69, 9.17) is 6.42 Å². The Morgan fingerprint density at radius 3 is 1.30 bits per heavy atom. The maximum absolute atomic E-state index is 11.6.